The molecule has 1 heterocycles. The number of anilines is 2. The van der Waals surface area contributed by atoms with Gasteiger partial charge in [-0.2, -0.15) is 5.10 Å². The third-order valence-electron chi connectivity index (χ3n) is 4.41. The highest BCUT2D eigenvalue weighted by atomic mass is 32.1. The van der Waals surface area contributed by atoms with Gasteiger partial charge in [-0.05, 0) is 17.0 Å². The van der Waals surface area contributed by atoms with Gasteiger partial charge in [-0.1, -0.05) is 93.6 Å². The molecule has 0 atom stereocenters. The molecule has 0 bridgehead atoms. The molecule has 0 fully saturated rings. The molecule has 0 spiro atoms. The number of hydrogen-bond acceptors (Lipinski definition) is 5. The smallest absolute Gasteiger partial charge is 0.227 e. The lowest BCUT2D eigenvalue weighted by atomic mass is 10.0. The minimum atomic E-state index is -0.107. The molecule has 1 aromatic heterocycles. The fourth-order valence-electron chi connectivity index (χ4n) is 2.63. The number of nitrogens with zero attached hydrogens (tertiary/aromatic N) is 2. The molecular weight excluding hydrogens is 380 g/mol. The van der Waals surface area contributed by atoms with E-state index in [9.17, 15) is 4.79 Å². The molecule has 3 aromatic rings. The number of rotatable bonds is 7. The van der Waals surface area contributed by atoms with Crippen LogP contribution in [0, 0.1) is 5.92 Å². The van der Waals surface area contributed by atoms with Crippen LogP contribution in [0.1, 0.15) is 44.7 Å². The Morgan fingerprint density at radius 1 is 1.03 bits per heavy atom. The Labute approximate surface area is 175 Å². The second-order valence-electron chi connectivity index (χ2n) is 7.40. The average molecular weight is 407 g/mol. The summed E-state index contributed by atoms with van der Waals surface area (Å²) in [5, 5.41) is 8.63. The van der Waals surface area contributed by atoms with Crippen LogP contribution >= 0.6 is 11.3 Å². The first-order valence-electron chi connectivity index (χ1n) is 9.70. The molecule has 150 valence electrons. The van der Waals surface area contributed by atoms with Gasteiger partial charge in [-0.3, -0.25) is 10.2 Å². The van der Waals surface area contributed by atoms with Gasteiger partial charge in [-0.25, -0.2) is 4.98 Å². The van der Waals surface area contributed by atoms with Gasteiger partial charge in [0, 0.05) is 11.5 Å². The van der Waals surface area contributed by atoms with Crippen molar-refractivity contribution in [2.75, 3.05) is 10.7 Å². The van der Waals surface area contributed by atoms with E-state index in [1.165, 1.54) is 16.9 Å². The number of carbonyl (C=O) groups is 1. The fourth-order valence-corrected chi connectivity index (χ4v) is 3.47. The first-order valence-corrected chi connectivity index (χ1v) is 10.5. The maximum atomic E-state index is 12.2. The van der Waals surface area contributed by atoms with Crippen molar-refractivity contribution in [1.82, 2.24) is 4.98 Å². The lowest BCUT2D eigenvalue weighted by Gasteiger charge is -2.07. The summed E-state index contributed by atoms with van der Waals surface area (Å²) in [6.45, 7) is 8.08. The van der Waals surface area contributed by atoms with E-state index in [4.69, 9.17) is 0 Å². The zero-order chi connectivity index (χ0) is 20.8. The Bertz CT molecular complexity index is 976. The van der Waals surface area contributed by atoms with E-state index in [2.05, 4.69) is 46.8 Å². The summed E-state index contributed by atoms with van der Waals surface area (Å²) in [7, 11) is 0. The van der Waals surface area contributed by atoms with Crippen LogP contribution in [0.15, 0.2) is 59.7 Å². The molecule has 0 saturated carbocycles. The minimum absolute atomic E-state index is 0.0360. The Morgan fingerprint density at radius 2 is 1.72 bits per heavy atom. The van der Waals surface area contributed by atoms with Gasteiger partial charge in [0.15, 0.2) is 0 Å². The largest absolute Gasteiger partial charge is 0.316 e. The van der Waals surface area contributed by atoms with Gasteiger partial charge in [0.05, 0.1) is 6.21 Å². The number of thiazole rings is 1. The Morgan fingerprint density at radius 3 is 2.34 bits per heavy atom. The first-order chi connectivity index (χ1) is 13.9. The van der Waals surface area contributed by atoms with Crippen molar-refractivity contribution in [2.24, 2.45) is 11.0 Å². The van der Waals surface area contributed by atoms with Gasteiger partial charge in [0.25, 0.3) is 0 Å². The van der Waals surface area contributed by atoms with Crippen LogP contribution in [0.4, 0.5) is 10.1 Å². The summed E-state index contributed by atoms with van der Waals surface area (Å²) in [6, 6.07) is 18.1. The van der Waals surface area contributed by atoms with Crippen molar-refractivity contribution in [3.63, 3.8) is 0 Å². The van der Waals surface area contributed by atoms with Crippen molar-refractivity contribution in [1.29, 1.82) is 0 Å². The zero-order valence-corrected chi connectivity index (χ0v) is 18.0. The molecule has 0 aliphatic rings. The van der Waals surface area contributed by atoms with E-state index in [0.29, 0.717) is 16.1 Å². The van der Waals surface area contributed by atoms with Gasteiger partial charge in [-0.15, -0.1) is 0 Å². The van der Waals surface area contributed by atoms with Gasteiger partial charge < -0.3 is 5.32 Å². The molecule has 29 heavy (non-hydrogen) atoms. The average Bonchev–Trinajstić information content (AvgIpc) is 3.11. The lowest BCUT2D eigenvalue weighted by molar-refractivity contribution is -0.118. The summed E-state index contributed by atoms with van der Waals surface area (Å²) in [4.78, 5) is 16.8. The van der Waals surface area contributed by atoms with E-state index < -0.39 is 0 Å². The normalized spacial score (nSPS) is 11.4. The molecule has 0 radical (unpaired) electrons. The maximum Gasteiger partial charge on any atom is 0.227 e. The number of aromatic nitrogens is 1. The SMILES string of the molecule is CC(C)C(=O)Nc1sc(N/N=C/c2ccc(C(C)C)cc2)nc1-c1ccccc1. The second kappa shape index (κ2) is 9.47. The van der Waals surface area contributed by atoms with E-state index in [1.54, 1.807) is 6.21 Å². The fraction of sp³-hybridized carbons (Fsp3) is 0.261. The standard InChI is InChI=1S/C23H26N4OS/c1-15(2)18-12-10-17(11-13-18)14-24-27-23-25-20(19-8-6-5-7-9-19)22(29-23)26-21(28)16(3)4/h5-16H,1-4H3,(H,25,27)(H,26,28)/b24-14+. The van der Waals surface area contributed by atoms with Crippen LogP contribution < -0.4 is 10.7 Å². The van der Waals surface area contributed by atoms with Gasteiger partial charge in [0.2, 0.25) is 11.0 Å². The number of hydrazone groups is 1. The Kier molecular flexibility index (Phi) is 6.77. The van der Waals surface area contributed by atoms with Gasteiger partial charge >= 0.3 is 0 Å². The van der Waals surface area contributed by atoms with Crippen molar-refractivity contribution in [3.05, 3.63) is 65.7 Å². The molecule has 6 heteroatoms. The van der Waals surface area contributed by atoms with Crippen molar-refractivity contribution < 1.29 is 4.79 Å². The van der Waals surface area contributed by atoms with Crippen LogP contribution in [0.5, 0.6) is 0 Å². The molecular formula is C23H26N4OS. The quantitative estimate of drug-likeness (QED) is 0.375. The van der Waals surface area contributed by atoms with Crippen LogP contribution in [0.2, 0.25) is 0 Å². The molecule has 0 aliphatic carbocycles. The van der Waals surface area contributed by atoms with Crippen LogP contribution in [0.25, 0.3) is 11.3 Å². The monoisotopic (exact) mass is 406 g/mol. The molecule has 2 aromatic carbocycles. The molecule has 0 aliphatic heterocycles. The van der Waals surface area contributed by atoms with Crippen LogP contribution in [-0.2, 0) is 4.79 Å². The lowest BCUT2D eigenvalue weighted by Crippen LogP contribution is -2.17. The van der Waals surface area contributed by atoms with Crippen LogP contribution in [-0.4, -0.2) is 17.1 Å². The Balaban J connectivity index is 1.78. The predicted octanol–water partition coefficient (Wildman–Crippen LogP) is 5.97. The molecule has 2 N–H and O–H groups in total. The molecule has 3 rings (SSSR count). The van der Waals surface area contributed by atoms with Crippen molar-refractivity contribution >= 4 is 33.6 Å². The van der Waals surface area contributed by atoms with Crippen molar-refractivity contribution in [3.8, 4) is 11.3 Å². The topological polar surface area (TPSA) is 66.4 Å². The minimum Gasteiger partial charge on any atom is -0.316 e. The molecule has 1 amide bonds. The predicted molar refractivity (Wildman–Crippen MR) is 123 cm³/mol. The summed E-state index contributed by atoms with van der Waals surface area (Å²) >= 11 is 1.37. The first kappa shape index (κ1) is 20.7. The number of nitrogens with one attached hydrogen (secondary N) is 2. The summed E-state index contributed by atoms with van der Waals surface area (Å²) in [6.07, 6.45) is 1.76. The second-order valence-corrected chi connectivity index (χ2v) is 8.40. The van der Waals surface area contributed by atoms with E-state index in [0.717, 1.165) is 16.8 Å². The number of hydrogen-bond donors (Lipinski definition) is 2. The maximum absolute atomic E-state index is 12.2. The van der Waals surface area contributed by atoms with E-state index >= 15 is 0 Å². The number of benzene rings is 2. The number of carbonyl (C=O) groups excluding carboxylic acids is 1. The van der Waals surface area contributed by atoms with E-state index in [1.807, 2.05) is 56.3 Å². The van der Waals surface area contributed by atoms with Crippen molar-refractivity contribution in [2.45, 2.75) is 33.6 Å². The summed E-state index contributed by atoms with van der Waals surface area (Å²) < 4.78 is 0. The molecule has 0 saturated heterocycles. The highest BCUT2D eigenvalue weighted by Crippen LogP contribution is 2.36. The third kappa shape index (κ3) is 5.51. The zero-order valence-electron chi connectivity index (χ0n) is 17.1. The highest BCUT2D eigenvalue weighted by molar-refractivity contribution is 7.20. The van der Waals surface area contributed by atoms with E-state index in [-0.39, 0.29) is 11.8 Å². The van der Waals surface area contributed by atoms with Gasteiger partial charge in [0.1, 0.15) is 10.7 Å². The third-order valence-corrected chi connectivity index (χ3v) is 5.29. The number of amides is 1. The Hall–Kier alpha value is -2.99. The molecule has 5 nitrogen and oxygen atoms in total. The molecule has 0 unspecified atom stereocenters. The highest BCUT2D eigenvalue weighted by Gasteiger charge is 2.16. The summed E-state index contributed by atoms with van der Waals surface area (Å²) in [5.74, 6) is 0.361. The summed E-state index contributed by atoms with van der Waals surface area (Å²) in [5.41, 5.74) is 6.99. The van der Waals surface area contributed by atoms with Crippen LogP contribution in [0.3, 0.4) is 0 Å².